The van der Waals surface area contributed by atoms with Crippen molar-refractivity contribution in [3.8, 4) is 11.6 Å². The minimum Gasteiger partial charge on any atom is -0.508 e. The van der Waals surface area contributed by atoms with Crippen molar-refractivity contribution in [1.29, 1.82) is 0 Å². The minimum atomic E-state index is -0.410. The molecule has 0 atom stereocenters. The second-order valence-corrected chi connectivity index (χ2v) is 4.41. The number of hydrogen-bond donors (Lipinski definition) is 2. The van der Waals surface area contributed by atoms with E-state index in [1.165, 1.54) is 0 Å². The molecule has 2 aromatic rings. The van der Waals surface area contributed by atoms with Gasteiger partial charge in [0.1, 0.15) is 5.75 Å². The number of nitrogens with two attached hydrogens (primary N) is 1. The highest BCUT2D eigenvalue weighted by molar-refractivity contribution is 5.84. The zero-order valence-corrected chi connectivity index (χ0v) is 9.47. The number of aromatic hydroxyl groups is 1. The van der Waals surface area contributed by atoms with Crippen molar-refractivity contribution in [3.05, 3.63) is 24.0 Å². The summed E-state index contributed by atoms with van der Waals surface area (Å²) >= 11 is 0. The van der Waals surface area contributed by atoms with Crippen molar-refractivity contribution in [2.45, 2.75) is 18.4 Å². The van der Waals surface area contributed by atoms with Crippen molar-refractivity contribution in [3.63, 3.8) is 0 Å². The van der Waals surface area contributed by atoms with Crippen LogP contribution in [0.4, 0.5) is 0 Å². The van der Waals surface area contributed by atoms with Crippen LogP contribution in [0.15, 0.2) is 18.2 Å². The second kappa shape index (κ2) is 3.30. The average Bonchev–Trinajstić information content (AvgIpc) is 3.06. The maximum absolute atomic E-state index is 9.47. The molecule has 1 aromatic carbocycles. The van der Waals surface area contributed by atoms with Crippen molar-refractivity contribution in [2.75, 3.05) is 7.11 Å². The molecule has 0 aliphatic heterocycles. The first-order valence-corrected chi connectivity index (χ1v) is 5.46. The molecule has 1 saturated carbocycles. The molecule has 0 bridgehead atoms. The molecule has 3 N–H and O–H groups in total. The number of fused-ring (bicyclic) bond motifs is 1. The molecular formula is C12H13N3O2. The number of hydrogen-bond acceptors (Lipinski definition) is 5. The van der Waals surface area contributed by atoms with E-state index in [1.807, 2.05) is 0 Å². The van der Waals surface area contributed by atoms with Crippen LogP contribution >= 0.6 is 0 Å². The number of benzene rings is 1. The molecule has 1 heterocycles. The van der Waals surface area contributed by atoms with Gasteiger partial charge in [-0.3, -0.25) is 0 Å². The molecule has 5 heteroatoms. The number of methoxy groups -OCH3 is 1. The lowest BCUT2D eigenvalue weighted by Crippen LogP contribution is -2.22. The Hall–Kier alpha value is -1.88. The van der Waals surface area contributed by atoms with Crippen LogP contribution in [-0.2, 0) is 5.54 Å². The number of ether oxygens (including phenoxy) is 1. The van der Waals surface area contributed by atoms with Gasteiger partial charge in [-0.05, 0) is 25.0 Å². The van der Waals surface area contributed by atoms with Crippen molar-refractivity contribution < 1.29 is 9.84 Å². The van der Waals surface area contributed by atoms with Crippen LogP contribution < -0.4 is 10.5 Å². The third-order valence-electron chi connectivity index (χ3n) is 3.07. The second-order valence-electron chi connectivity index (χ2n) is 4.41. The van der Waals surface area contributed by atoms with E-state index in [0.717, 1.165) is 18.2 Å². The van der Waals surface area contributed by atoms with Gasteiger partial charge in [-0.15, -0.1) is 0 Å². The van der Waals surface area contributed by atoms with Gasteiger partial charge in [0.25, 0.3) is 0 Å². The predicted octanol–water partition coefficient (Wildman–Crippen LogP) is 1.29. The fraction of sp³-hybridized carbons (Fsp3) is 0.333. The zero-order chi connectivity index (χ0) is 12.0. The molecule has 0 unspecified atom stereocenters. The number of phenols is 1. The van der Waals surface area contributed by atoms with E-state index in [9.17, 15) is 5.11 Å². The molecule has 0 amide bonds. The Morgan fingerprint density at radius 3 is 2.76 bits per heavy atom. The molecule has 1 aromatic heterocycles. The molecule has 3 rings (SSSR count). The fourth-order valence-electron chi connectivity index (χ4n) is 1.83. The van der Waals surface area contributed by atoms with Gasteiger partial charge in [-0.25, -0.2) is 4.98 Å². The molecule has 1 fully saturated rings. The molecule has 1 aliphatic carbocycles. The van der Waals surface area contributed by atoms with Crippen LogP contribution in [-0.4, -0.2) is 22.2 Å². The maximum atomic E-state index is 9.47. The topological polar surface area (TPSA) is 81.3 Å². The van der Waals surface area contributed by atoms with Gasteiger partial charge < -0.3 is 15.6 Å². The lowest BCUT2D eigenvalue weighted by atomic mass is 10.2. The third kappa shape index (κ3) is 1.59. The Labute approximate surface area is 98.3 Å². The van der Waals surface area contributed by atoms with Crippen LogP contribution in [0.3, 0.4) is 0 Å². The SMILES string of the molecule is COc1nc(C2(N)CC2)nc2cc(O)ccc12. The first kappa shape index (κ1) is 10.3. The lowest BCUT2D eigenvalue weighted by Gasteiger charge is -2.11. The Morgan fingerprint density at radius 1 is 1.35 bits per heavy atom. The van der Waals surface area contributed by atoms with Gasteiger partial charge in [-0.2, -0.15) is 4.98 Å². The van der Waals surface area contributed by atoms with E-state index < -0.39 is 5.54 Å². The predicted molar refractivity (Wildman–Crippen MR) is 62.9 cm³/mol. The van der Waals surface area contributed by atoms with Gasteiger partial charge in [0.15, 0.2) is 5.82 Å². The smallest absolute Gasteiger partial charge is 0.224 e. The molecule has 0 spiro atoms. The summed E-state index contributed by atoms with van der Waals surface area (Å²) in [5.74, 6) is 1.26. The quantitative estimate of drug-likeness (QED) is 0.814. The molecule has 88 valence electrons. The molecule has 17 heavy (non-hydrogen) atoms. The highest BCUT2D eigenvalue weighted by atomic mass is 16.5. The molecule has 1 aliphatic rings. The molecule has 0 radical (unpaired) electrons. The Morgan fingerprint density at radius 2 is 2.12 bits per heavy atom. The molecule has 5 nitrogen and oxygen atoms in total. The minimum absolute atomic E-state index is 0.172. The van der Waals surface area contributed by atoms with Crippen LogP contribution in [0.5, 0.6) is 11.6 Å². The summed E-state index contributed by atoms with van der Waals surface area (Å²) in [7, 11) is 1.56. The van der Waals surface area contributed by atoms with Gasteiger partial charge >= 0.3 is 0 Å². The first-order chi connectivity index (χ1) is 8.12. The van der Waals surface area contributed by atoms with E-state index in [1.54, 1.807) is 25.3 Å². The van der Waals surface area contributed by atoms with Crippen molar-refractivity contribution in [2.24, 2.45) is 5.73 Å². The third-order valence-corrected chi connectivity index (χ3v) is 3.07. The molecule has 0 saturated heterocycles. The Balaban J connectivity index is 2.27. The normalized spacial score (nSPS) is 17.1. The number of nitrogens with zero attached hydrogens (tertiary/aromatic N) is 2. The van der Waals surface area contributed by atoms with Crippen molar-refractivity contribution >= 4 is 10.9 Å². The van der Waals surface area contributed by atoms with Crippen molar-refractivity contribution in [1.82, 2.24) is 9.97 Å². The van der Waals surface area contributed by atoms with E-state index in [4.69, 9.17) is 10.5 Å². The zero-order valence-electron chi connectivity index (χ0n) is 9.47. The van der Waals surface area contributed by atoms with E-state index in [2.05, 4.69) is 9.97 Å². The van der Waals surface area contributed by atoms with E-state index in [-0.39, 0.29) is 5.75 Å². The summed E-state index contributed by atoms with van der Waals surface area (Å²) < 4.78 is 5.24. The average molecular weight is 231 g/mol. The highest BCUT2D eigenvalue weighted by Gasteiger charge is 2.43. The largest absolute Gasteiger partial charge is 0.508 e. The summed E-state index contributed by atoms with van der Waals surface area (Å²) in [5, 5.41) is 10.2. The lowest BCUT2D eigenvalue weighted by molar-refractivity contribution is 0.398. The standard InChI is InChI=1S/C12H13N3O2/c1-17-10-8-3-2-7(16)6-9(8)14-11(15-10)12(13)4-5-12/h2-3,6,16H,4-5,13H2,1H3. The summed E-state index contributed by atoms with van der Waals surface area (Å²) in [6, 6.07) is 4.92. The van der Waals surface area contributed by atoms with Gasteiger partial charge in [0.2, 0.25) is 5.88 Å². The van der Waals surface area contributed by atoms with Crippen LogP contribution in [0.1, 0.15) is 18.7 Å². The Bertz CT molecular complexity index is 594. The highest BCUT2D eigenvalue weighted by Crippen LogP contribution is 2.42. The van der Waals surface area contributed by atoms with Gasteiger partial charge in [-0.1, -0.05) is 0 Å². The number of rotatable bonds is 2. The fourth-order valence-corrected chi connectivity index (χ4v) is 1.83. The van der Waals surface area contributed by atoms with Crippen LogP contribution in [0, 0.1) is 0 Å². The van der Waals surface area contributed by atoms with Gasteiger partial charge in [0.05, 0.1) is 23.6 Å². The van der Waals surface area contributed by atoms with Crippen LogP contribution in [0.25, 0.3) is 10.9 Å². The maximum Gasteiger partial charge on any atom is 0.224 e. The summed E-state index contributed by atoms with van der Waals surface area (Å²) in [6.45, 7) is 0. The first-order valence-electron chi connectivity index (χ1n) is 5.46. The Kier molecular flexibility index (Phi) is 2.00. The van der Waals surface area contributed by atoms with E-state index >= 15 is 0 Å². The summed E-state index contributed by atoms with van der Waals surface area (Å²) in [5.41, 5.74) is 6.32. The van der Waals surface area contributed by atoms with Crippen LogP contribution in [0.2, 0.25) is 0 Å². The molecular weight excluding hydrogens is 218 g/mol. The monoisotopic (exact) mass is 231 g/mol. The number of aromatic nitrogens is 2. The summed E-state index contributed by atoms with van der Waals surface area (Å²) in [6.07, 6.45) is 1.78. The summed E-state index contributed by atoms with van der Waals surface area (Å²) in [4.78, 5) is 8.75. The number of phenolic OH excluding ortho intramolecular Hbond substituents is 1. The van der Waals surface area contributed by atoms with Gasteiger partial charge in [0, 0.05) is 6.07 Å². The van der Waals surface area contributed by atoms with E-state index in [0.29, 0.717) is 17.2 Å².